The molecule has 0 rings (SSSR count). The van der Waals surface area contributed by atoms with Crippen LogP contribution in [0.2, 0.25) is 0 Å². The molecule has 0 fully saturated rings. The third-order valence-electron chi connectivity index (χ3n) is 1.97. The Hall–Kier alpha value is 9.46. The maximum absolute atomic E-state index is 10.1. The lowest BCUT2D eigenvalue weighted by Crippen LogP contribution is -1.90. The van der Waals surface area contributed by atoms with Gasteiger partial charge in [-0.2, -0.15) is 0 Å². The van der Waals surface area contributed by atoms with Gasteiger partial charge in [-0.25, -0.2) is 0 Å². The molecular formula is CH26P22. The van der Waals surface area contributed by atoms with E-state index in [0.29, 0.717) is 0 Å². The van der Waals surface area contributed by atoms with Gasteiger partial charge in [-0.1, -0.05) is 7.96 Å². The Morgan fingerprint density at radius 3 is 1.00 bits per heavy atom. The summed E-state index contributed by atoms with van der Waals surface area (Å²) in [4.78, 5) is 0. The highest BCUT2D eigenvalue weighted by Crippen LogP contribution is 3.18. The van der Waals surface area contributed by atoms with Crippen LogP contribution in [0.4, 0.5) is 0 Å². The zero-order valence-electron chi connectivity index (χ0n) is 13.0. The molecular weight excluding hydrogens is 693 g/mol. The van der Waals surface area contributed by atoms with Crippen molar-refractivity contribution in [2.45, 2.75) is 5.12 Å². The van der Waals surface area contributed by atoms with Gasteiger partial charge in [0.25, 0.3) is 0 Å². The Morgan fingerprint density at radius 2 is 0.826 bits per heavy atom. The molecule has 23 heavy (non-hydrogen) atoms. The standard InChI is InChI=1S/CH26P22/c2-14-23(13)17(22(11)12)1(15(18(3)4)19(5)6)16(20(7)8)21(9)10/h1,14H,2-13H2/i1D. The Balaban J connectivity index is 6.53. The summed E-state index contributed by atoms with van der Waals surface area (Å²) in [6.45, 7) is -1.44. The van der Waals surface area contributed by atoms with E-state index < -0.39 is 0 Å². The van der Waals surface area contributed by atoms with Crippen LogP contribution in [0, 0.1) is 0 Å². The summed E-state index contributed by atoms with van der Waals surface area (Å²) in [5.41, 5.74) is 0. The maximum atomic E-state index is 10.1. The van der Waals surface area contributed by atoms with E-state index in [9.17, 15) is 1.37 Å². The van der Waals surface area contributed by atoms with Gasteiger partial charge in [0.2, 0.25) is 0 Å². The normalized spacial score (nSPS) is 17.8. The van der Waals surface area contributed by atoms with Crippen LogP contribution in [-0.4, -0.2) is 5.12 Å². The monoisotopic (exact) mass is 721 g/mol. The van der Waals surface area contributed by atoms with Crippen LogP contribution in [0.15, 0.2) is 0 Å². The van der Waals surface area contributed by atoms with Gasteiger partial charge in [0, 0.05) is 6.49 Å². The van der Waals surface area contributed by atoms with Crippen LogP contribution in [0.1, 0.15) is 1.37 Å². The Kier molecular flexibility index (Phi) is 23.6. The molecule has 0 aliphatic rings. The number of hydrogen-bond donors (Lipinski definition) is 0. The summed E-state index contributed by atoms with van der Waals surface area (Å²) in [6, 6.07) is 0. The first-order chi connectivity index (χ1) is 10.8. The average Bonchev–Trinajstić information content (AvgIpc) is 2.35. The highest BCUT2D eigenvalue weighted by molar-refractivity contribution is 9.09. The predicted molar refractivity (Wildman–Crippen MR) is 191 cm³/mol. The second-order valence-corrected chi connectivity index (χ2v) is 79.4. The molecule has 15 atom stereocenters. The van der Waals surface area contributed by atoms with Crippen LogP contribution in [0.3, 0.4) is 0 Å². The molecule has 0 spiro atoms. The van der Waals surface area contributed by atoms with Crippen molar-refractivity contribution in [1.82, 2.24) is 0 Å². The van der Waals surface area contributed by atoms with Crippen molar-refractivity contribution >= 4 is 179 Å². The van der Waals surface area contributed by atoms with Crippen molar-refractivity contribution < 1.29 is 1.37 Å². The topological polar surface area (TPSA) is 0 Å². The van der Waals surface area contributed by atoms with Gasteiger partial charge in [-0.15, -0.1) is 107 Å². The summed E-state index contributed by atoms with van der Waals surface area (Å²) in [6.07, 6.45) is 0. The molecule has 0 saturated carbocycles. The lowest BCUT2D eigenvalue weighted by atomic mass is 11.9. The summed E-state index contributed by atoms with van der Waals surface area (Å²) in [5, 5.41) is -0.235. The van der Waals surface area contributed by atoms with Crippen LogP contribution >= 0.6 is 179 Å². The minimum atomic E-state index is -0.366. The van der Waals surface area contributed by atoms with E-state index in [1.807, 2.05) is 0 Å². The van der Waals surface area contributed by atoms with E-state index >= 15 is 0 Å². The van der Waals surface area contributed by atoms with E-state index in [1.165, 1.54) is 0 Å². The van der Waals surface area contributed by atoms with E-state index in [1.54, 1.807) is 0 Å². The van der Waals surface area contributed by atoms with Crippen molar-refractivity contribution in [3.63, 3.8) is 0 Å². The molecule has 22 heteroatoms. The fraction of sp³-hybridized carbons (Fsp3) is 1.00. The molecule has 0 aromatic carbocycles. The largest absolute Gasteiger partial charge is 0.109 e. The number of rotatable bonds is 10. The van der Waals surface area contributed by atoms with Gasteiger partial charge in [-0.3, -0.25) is 0 Å². The molecule has 0 N–H and O–H groups in total. The third kappa shape index (κ3) is 12.1. The van der Waals surface area contributed by atoms with Gasteiger partial charge in [0.1, 0.15) is 0 Å². The smallest absolute Gasteiger partial charge is 0.0473 e. The molecule has 0 heterocycles. The summed E-state index contributed by atoms with van der Waals surface area (Å²) in [7, 11) is 36.9. The van der Waals surface area contributed by atoms with Crippen molar-refractivity contribution in [2.75, 3.05) is 0 Å². The van der Waals surface area contributed by atoms with Gasteiger partial charge < -0.3 is 0 Å². The Labute approximate surface area is 184 Å². The first-order valence-electron chi connectivity index (χ1n) is 5.72. The van der Waals surface area contributed by atoms with Crippen molar-refractivity contribution in [3.05, 3.63) is 0 Å². The van der Waals surface area contributed by atoms with Gasteiger partial charge in [-0.05, 0) is 63.8 Å². The lowest BCUT2D eigenvalue weighted by molar-refractivity contribution is 2.05. The molecule has 0 radical (unpaired) electrons. The highest BCUT2D eigenvalue weighted by Gasteiger charge is 2.44. The average molecular weight is 721 g/mol. The molecule has 15 unspecified atom stereocenters. The Bertz CT molecular complexity index is 310. The van der Waals surface area contributed by atoms with E-state index in [-0.39, 0.29) is 68.9 Å². The van der Waals surface area contributed by atoms with Gasteiger partial charge in [0.15, 0.2) is 0 Å². The minimum absolute atomic E-state index is 0.162. The highest BCUT2D eigenvalue weighted by atomic mass is 33.0. The Morgan fingerprint density at radius 1 is 0.565 bits per heavy atom. The van der Waals surface area contributed by atoms with Crippen molar-refractivity contribution in [2.24, 2.45) is 0 Å². The first-order valence-corrected chi connectivity index (χ1v) is 43.0. The molecule has 0 aromatic rings. The van der Waals surface area contributed by atoms with E-state index in [4.69, 9.17) is 0 Å². The van der Waals surface area contributed by atoms with Crippen molar-refractivity contribution in [1.29, 1.82) is 0 Å². The fourth-order valence-electron chi connectivity index (χ4n) is 1.26. The third-order valence-corrected chi connectivity index (χ3v) is 93.3. The summed E-state index contributed by atoms with van der Waals surface area (Å²) >= 11 is 0. The second-order valence-electron chi connectivity index (χ2n) is 3.54. The lowest BCUT2D eigenvalue weighted by Gasteiger charge is -2.48. The SMILES string of the molecule is [2H]C(P(P(P)P)P(P)P)(P(P(P)P)P(P)P)P(P(P)P)P(P)PP. The van der Waals surface area contributed by atoms with Crippen LogP contribution in [0.25, 0.3) is 0 Å². The first kappa shape index (κ1) is 30.5. The summed E-state index contributed by atoms with van der Waals surface area (Å²) in [5.74, 6) is 0. The van der Waals surface area contributed by atoms with Crippen LogP contribution < -0.4 is 0 Å². The molecule has 0 bridgehead atoms. The fourth-order valence-corrected chi connectivity index (χ4v) is 163. The summed E-state index contributed by atoms with van der Waals surface area (Å²) < 4.78 is 10.1. The second kappa shape index (κ2) is 17.8. The van der Waals surface area contributed by atoms with Crippen molar-refractivity contribution in [3.8, 4) is 0 Å². The van der Waals surface area contributed by atoms with Crippen LogP contribution in [0.5, 0.6) is 0 Å². The minimum Gasteiger partial charge on any atom is -0.109 e. The quantitative estimate of drug-likeness (QED) is 0.197. The van der Waals surface area contributed by atoms with E-state index in [2.05, 4.69) is 107 Å². The van der Waals surface area contributed by atoms with Crippen LogP contribution in [-0.2, 0) is 0 Å². The zero-order chi connectivity index (χ0) is 19.4. The molecule has 0 amide bonds. The molecule has 0 aliphatic carbocycles. The van der Waals surface area contributed by atoms with E-state index in [0.717, 1.165) is 7.96 Å². The molecule has 0 saturated heterocycles. The molecule has 0 nitrogen and oxygen atoms in total. The zero-order valence-corrected chi connectivity index (χ0v) is 34.9. The maximum Gasteiger partial charge on any atom is 0.0473 e. The predicted octanol–water partition coefficient (Wildman–Crippen LogP) is 12.2. The number of hydrogen-bond acceptors (Lipinski definition) is 0. The molecule has 140 valence electrons. The van der Waals surface area contributed by atoms with Gasteiger partial charge >= 0.3 is 0 Å². The molecule has 0 aromatic heterocycles. The van der Waals surface area contributed by atoms with Gasteiger partial charge in [0.05, 0.1) is 0 Å². The molecule has 0 aliphatic heterocycles.